The molecule has 1 N–H and O–H groups in total. The van der Waals surface area contributed by atoms with E-state index in [1.54, 1.807) is 12.1 Å². The topological polar surface area (TPSA) is 15.3 Å². The molecule has 0 aliphatic carbocycles. The van der Waals surface area contributed by atoms with Gasteiger partial charge in [0.05, 0.1) is 5.56 Å². The van der Waals surface area contributed by atoms with Crippen LogP contribution in [0.5, 0.6) is 0 Å². The molecule has 2 aliphatic rings. The van der Waals surface area contributed by atoms with E-state index < -0.39 is 11.7 Å². The highest BCUT2D eigenvalue weighted by Crippen LogP contribution is 2.41. The fourth-order valence-electron chi connectivity index (χ4n) is 3.06. The van der Waals surface area contributed by atoms with Gasteiger partial charge in [0, 0.05) is 36.3 Å². The van der Waals surface area contributed by atoms with Crippen LogP contribution in [0.25, 0.3) is 0 Å². The standard InChI is InChI=1S/C13H14BrF3N2/c14-10-1-2-12(11(3-10)13(15,16)17)19-6-8-4-18-5-9(8)7-19/h1-3,8-9,18H,4-7H2/t8-,9+. The minimum Gasteiger partial charge on any atom is -0.370 e. The molecule has 3 rings (SSSR count). The first-order chi connectivity index (χ1) is 8.95. The third-order valence-electron chi connectivity index (χ3n) is 3.99. The van der Waals surface area contributed by atoms with Crippen LogP contribution in [0.1, 0.15) is 5.56 Å². The zero-order valence-electron chi connectivity index (χ0n) is 10.2. The first-order valence-corrected chi connectivity index (χ1v) is 7.07. The Morgan fingerprint density at radius 3 is 2.37 bits per heavy atom. The van der Waals surface area contributed by atoms with Gasteiger partial charge in [0.25, 0.3) is 0 Å². The molecule has 0 spiro atoms. The molecular weight excluding hydrogens is 321 g/mol. The van der Waals surface area contributed by atoms with Crippen LogP contribution >= 0.6 is 15.9 Å². The average Bonchev–Trinajstić information content (AvgIpc) is 2.87. The Morgan fingerprint density at radius 2 is 1.79 bits per heavy atom. The van der Waals surface area contributed by atoms with E-state index in [9.17, 15) is 13.2 Å². The lowest BCUT2D eigenvalue weighted by Crippen LogP contribution is -2.27. The minimum absolute atomic E-state index is 0.310. The molecule has 2 saturated heterocycles. The Hall–Kier alpha value is -0.750. The summed E-state index contributed by atoms with van der Waals surface area (Å²) in [5.41, 5.74) is -0.236. The number of fused-ring (bicyclic) bond motifs is 1. The van der Waals surface area contributed by atoms with Crippen LogP contribution in [0.4, 0.5) is 18.9 Å². The van der Waals surface area contributed by atoms with Gasteiger partial charge in [-0.05, 0) is 30.0 Å². The number of benzene rings is 1. The van der Waals surface area contributed by atoms with Crippen molar-refractivity contribution < 1.29 is 13.2 Å². The minimum atomic E-state index is -4.31. The van der Waals surface area contributed by atoms with Gasteiger partial charge in [0.1, 0.15) is 0 Å². The van der Waals surface area contributed by atoms with Crippen LogP contribution < -0.4 is 10.2 Å². The number of hydrogen-bond donors (Lipinski definition) is 1. The van der Waals surface area contributed by atoms with Gasteiger partial charge < -0.3 is 10.2 Å². The fourth-order valence-corrected chi connectivity index (χ4v) is 3.42. The number of nitrogens with zero attached hydrogens (tertiary/aromatic N) is 1. The summed E-state index contributed by atoms with van der Waals surface area (Å²) in [5, 5.41) is 3.29. The molecule has 0 radical (unpaired) electrons. The number of rotatable bonds is 1. The molecule has 2 heterocycles. The van der Waals surface area contributed by atoms with Crippen molar-refractivity contribution in [3.63, 3.8) is 0 Å². The van der Waals surface area contributed by atoms with E-state index in [1.165, 1.54) is 6.07 Å². The number of hydrogen-bond acceptors (Lipinski definition) is 2. The lowest BCUT2D eigenvalue weighted by atomic mass is 10.0. The molecule has 1 aromatic carbocycles. The monoisotopic (exact) mass is 334 g/mol. The third-order valence-corrected chi connectivity index (χ3v) is 4.49. The highest BCUT2D eigenvalue weighted by Gasteiger charge is 2.40. The van der Waals surface area contributed by atoms with E-state index in [2.05, 4.69) is 21.2 Å². The second-order valence-corrected chi connectivity index (χ2v) is 6.16. The summed E-state index contributed by atoms with van der Waals surface area (Å²) >= 11 is 3.12. The Labute approximate surface area is 118 Å². The van der Waals surface area contributed by atoms with Gasteiger partial charge >= 0.3 is 6.18 Å². The molecule has 0 aromatic heterocycles. The third kappa shape index (κ3) is 2.48. The van der Waals surface area contributed by atoms with Crippen molar-refractivity contribution in [2.24, 2.45) is 11.8 Å². The summed E-state index contributed by atoms with van der Waals surface area (Å²) < 4.78 is 39.8. The molecule has 2 nitrogen and oxygen atoms in total. The Balaban J connectivity index is 1.93. The quantitative estimate of drug-likeness (QED) is 0.848. The Morgan fingerprint density at radius 1 is 1.16 bits per heavy atom. The molecule has 2 aliphatic heterocycles. The van der Waals surface area contributed by atoms with Crippen molar-refractivity contribution in [3.05, 3.63) is 28.2 Å². The average molecular weight is 335 g/mol. The summed E-state index contributed by atoms with van der Waals surface area (Å²) in [6.45, 7) is 3.25. The Kier molecular flexibility index (Phi) is 3.25. The van der Waals surface area contributed by atoms with Gasteiger partial charge in [-0.25, -0.2) is 0 Å². The lowest BCUT2D eigenvalue weighted by molar-refractivity contribution is -0.137. The van der Waals surface area contributed by atoms with Crippen molar-refractivity contribution in [1.29, 1.82) is 0 Å². The molecule has 0 saturated carbocycles. The van der Waals surface area contributed by atoms with Gasteiger partial charge in [0.15, 0.2) is 0 Å². The van der Waals surface area contributed by atoms with Crippen LogP contribution in [0, 0.1) is 11.8 Å². The van der Waals surface area contributed by atoms with E-state index >= 15 is 0 Å². The second kappa shape index (κ2) is 4.66. The number of alkyl halides is 3. The SMILES string of the molecule is FC(F)(F)c1cc(Br)ccc1N1C[C@H]2CNC[C@H]2C1. The molecule has 19 heavy (non-hydrogen) atoms. The summed E-state index contributed by atoms with van der Waals surface area (Å²) in [5.74, 6) is 0.953. The van der Waals surface area contributed by atoms with Crippen molar-refractivity contribution >= 4 is 21.6 Å². The van der Waals surface area contributed by atoms with Gasteiger partial charge in [0.2, 0.25) is 0 Å². The number of nitrogens with one attached hydrogen (secondary N) is 1. The maximum atomic E-state index is 13.1. The van der Waals surface area contributed by atoms with Crippen molar-refractivity contribution in [2.75, 3.05) is 31.1 Å². The highest BCUT2D eigenvalue weighted by molar-refractivity contribution is 9.10. The first-order valence-electron chi connectivity index (χ1n) is 6.27. The maximum Gasteiger partial charge on any atom is 0.418 e. The second-order valence-electron chi connectivity index (χ2n) is 5.24. The van der Waals surface area contributed by atoms with E-state index in [0.29, 0.717) is 35.1 Å². The van der Waals surface area contributed by atoms with E-state index in [1.807, 2.05) is 4.90 Å². The van der Waals surface area contributed by atoms with E-state index in [-0.39, 0.29) is 0 Å². The van der Waals surface area contributed by atoms with Gasteiger partial charge in [-0.3, -0.25) is 0 Å². The number of anilines is 1. The predicted molar refractivity (Wildman–Crippen MR) is 71.2 cm³/mol. The van der Waals surface area contributed by atoms with Gasteiger partial charge in [-0.1, -0.05) is 15.9 Å². The lowest BCUT2D eigenvalue weighted by Gasteiger charge is -2.24. The van der Waals surface area contributed by atoms with Gasteiger partial charge in [-0.2, -0.15) is 13.2 Å². The zero-order chi connectivity index (χ0) is 13.6. The number of halogens is 4. The molecule has 2 fully saturated rings. The van der Waals surface area contributed by atoms with Crippen LogP contribution in [0.3, 0.4) is 0 Å². The molecule has 0 unspecified atom stereocenters. The summed E-state index contributed by atoms with van der Waals surface area (Å²) in [7, 11) is 0. The summed E-state index contributed by atoms with van der Waals surface area (Å²) in [6, 6.07) is 4.42. The molecule has 1 aromatic rings. The summed E-state index contributed by atoms with van der Waals surface area (Å²) in [6.07, 6.45) is -4.31. The van der Waals surface area contributed by atoms with Crippen LogP contribution in [-0.4, -0.2) is 26.2 Å². The zero-order valence-corrected chi connectivity index (χ0v) is 11.8. The fraction of sp³-hybridized carbons (Fsp3) is 0.538. The molecule has 2 atom stereocenters. The first kappa shape index (κ1) is 13.2. The molecule has 0 bridgehead atoms. The Bertz CT molecular complexity index is 477. The van der Waals surface area contributed by atoms with Crippen molar-refractivity contribution in [3.8, 4) is 0 Å². The van der Waals surface area contributed by atoms with Crippen molar-refractivity contribution in [2.45, 2.75) is 6.18 Å². The smallest absolute Gasteiger partial charge is 0.370 e. The highest BCUT2D eigenvalue weighted by atomic mass is 79.9. The largest absolute Gasteiger partial charge is 0.418 e. The van der Waals surface area contributed by atoms with Crippen LogP contribution in [-0.2, 0) is 6.18 Å². The molecule has 0 amide bonds. The molecule has 6 heteroatoms. The van der Waals surface area contributed by atoms with Gasteiger partial charge in [-0.15, -0.1) is 0 Å². The molecular formula is C13H14BrF3N2. The van der Waals surface area contributed by atoms with Crippen molar-refractivity contribution in [1.82, 2.24) is 5.32 Å². The maximum absolute atomic E-state index is 13.1. The normalized spacial score (nSPS) is 26.8. The van der Waals surface area contributed by atoms with Crippen LogP contribution in [0.15, 0.2) is 22.7 Å². The molecule has 104 valence electrons. The van der Waals surface area contributed by atoms with E-state index in [4.69, 9.17) is 0 Å². The predicted octanol–water partition coefficient (Wildman–Crippen LogP) is 3.12. The van der Waals surface area contributed by atoms with Crippen LogP contribution in [0.2, 0.25) is 0 Å². The summed E-state index contributed by atoms with van der Waals surface area (Å²) in [4.78, 5) is 1.88. The van der Waals surface area contributed by atoms with E-state index in [0.717, 1.165) is 13.1 Å².